The smallest absolute Gasteiger partial charge is 0.246 e. The molecular formula is C8H15NO7. The number of aldehydes is 1. The van der Waals surface area contributed by atoms with Gasteiger partial charge in [-0.3, -0.25) is 4.79 Å². The Kier molecular flexibility index (Phi) is 6.77. The molecule has 0 rings (SSSR count). The van der Waals surface area contributed by atoms with Gasteiger partial charge in [0, 0.05) is 0 Å². The van der Waals surface area contributed by atoms with Gasteiger partial charge in [-0.05, 0) is 0 Å². The maximum absolute atomic E-state index is 10.7. The van der Waals surface area contributed by atoms with E-state index in [-0.39, 0.29) is 6.29 Å². The summed E-state index contributed by atoms with van der Waals surface area (Å²) in [5, 5.41) is 46.4. The summed E-state index contributed by atoms with van der Waals surface area (Å²) in [6.07, 6.45) is -5.07. The molecule has 4 atom stereocenters. The molecule has 0 saturated heterocycles. The normalized spacial score (nSPS) is 18.3. The predicted octanol–water partition coefficient (Wildman–Crippen LogP) is -4.26. The van der Waals surface area contributed by atoms with Gasteiger partial charge >= 0.3 is 0 Å². The molecule has 0 spiro atoms. The summed E-state index contributed by atoms with van der Waals surface area (Å²) in [6, 6.07) is -1.48. The van der Waals surface area contributed by atoms with Gasteiger partial charge in [0.15, 0.2) is 0 Å². The van der Waals surface area contributed by atoms with Gasteiger partial charge in [-0.25, -0.2) is 0 Å². The Morgan fingerprint density at radius 3 is 2.12 bits per heavy atom. The highest BCUT2D eigenvalue weighted by atomic mass is 16.4. The van der Waals surface area contributed by atoms with Crippen LogP contribution in [0.25, 0.3) is 0 Å². The van der Waals surface area contributed by atoms with E-state index in [2.05, 4.69) is 0 Å². The molecule has 0 aromatic rings. The van der Waals surface area contributed by atoms with Gasteiger partial charge in [0.2, 0.25) is 5.91 Å². The van der Waals surface area contributed by atoms with E-state index in [0.29, 0.717) is 0 Å². The summed E-state index contributed by atoms with van der Waals surface area (Å²) in [5.41, 5.74) is 0. The largest absolute Gasteiger partial charge is 0.394 e. The first-order valence-corrected chi connectivity index (χ1v) is 4.48. The zero-order valence-electron chi connectivity index (χ0n) is 8.35. The van der Waals surface area contributed by atoms with E-state index in [1.54, 1.807) is 0 Å². The molecule has 8 nitrogen and oxygen atoms in total. The van der Waals surface area contributed by atoms with Crippen molar-refractivity contribution < 1.29 is 35.1 Å². The number of hydrogen-bond donors (Lipinski definition) is 6. The lowest BCUT2D eigenvalue weighted by Gasteiger charge is -2.25. The molecule has 0 unspecified atom stereocenters. The van der Waals surface area contributed by atoms with Crippen LogP contribution in [0.2, 0.25) is 0 Å². The van der Waals surface area contributed by atoms with Crippen molar-refractivity contribution >= 4 is 12.2 Å². The number of nitrogens with one attached hydrogen (secondary N) is 1. The monoisotopic (exact) mass is 237 g/mol. The molecule has 0 bridgehead atoms. The second kappa shape index (κ2) is 7.25. The zero-order chi connectivity index (χ0) is 12.7. The van der Waals surface area contributed by atoms with Crippen LogP contribution in [0.15, 0.2) is 0 Å². The summed E-state index contributed by atoms with van der Waals surface area (Å²) >= 11 is 0. The van der Waals surface area contributed by atoms with Crippen molar-refractivity contribution in [3.05, 3.63) is 0 Å². The third-order valence-electron chi connectivity index (χ3n) is 1.92. The second-order valence-electron chi connectivity index (χ2n) is 3.12. The Hall–Kier alpha value is -1.06. The fourth-order valence-corrected chi connectivity index (χ4v) is 0.979. The molecule has 0 aromatic carbocycles. The maximum atomic E-state index is 10.7. The highest BCUT2D eigenvalue weighted by molar-refractivity contribution is 5.80. The maximum Gasteiger partial charge on any atom is 0.246 e. The van der Waals surface area contributed by atoms with Crippen molar-refractivity contribution in [2.75, 3.05) is 13.2 Å². The van der Waals surface area contributed by atoms with Crippen LogP contribution in [0.1, 0.15) is 0 Å². The number of carbonyl (C=O) groups excluding carboxylic acids is 2. The molecule has 8 heteroatoms. The Morgan fingerprint density at radius 1 is 1.19 bits per heavy atom. The standard InChI is InChI=1S/C8H15NO7/c10-1-4(9-6(14)3-12)7(15)8(16)5(13)2-11/h1,4-5,7-8,11-13,15-16H,2-3H2,(H,9,14)/t4-,5+,7+,8-/m0/s1. The van der Waals surface area contributed by atoms with Crippen molar-refractivity contribution in [3.63, 3.8) is 0 Å². The molecule has 94 valence electrons. The van der Waals surface area contributed by atoms with Gasteiger partial charge in [0.1, 0.15) is 37.2 Å². The summed E-state index contributed by atoms with van der Waals surface area (Å²) < 4.78 is 0. The fraction of sp³-hybridized carbons (Fsp3) is 0.750. The number of hydrogen-bond acceptors (Lipinski definition) is 7. The minimum atomic E-state index is -1.79. The number of aliphatic hydroxyl groups excluding tert-OH is 5. The molecule has 16 heavy (non-hydrogen) atoms. The van der Waals surface area contributed by atoms with Crippen LogP contribution in [0.3, 0.4) is 0 Å². The molecule has 0 heterocycles. The lowest BCUT2D eigenvalue weighted by molar-refractivity contribution is -0.132. The number of rotatable bonds is 7. The minimum absolute atomic E-state index is 0.144. The fourth-order valence-electron chi connectivity index (χ4n) is 0.979. The SMILES string of the molecule is O=C[C@H](NC(=O)CO)[C@@H](O)[C@@H](O)[C@H](O)CO. The Morgan fingerprint density at radius 2 is 1.75 bits per heavy atom. The first kappa shape index (κ1) is 14.9. The zero-order valence-corrected chi connectivity index (χ0v) is 8.35. The van der Waals surface area contributed by atoms with Gasteiger partial charge in [-0.2, -0.15) is 0 Å². The van der Waals surface area contributed by atoms with Gasteiger partial charge in [-0.15, -0.1) is 0 Å². The van der Waals surface area contributed by atoms with Gasteiger partial charge in [0.05, 0.1) is 6.61 Å². The van der Waals surface area contributed by atoms with E-state index >= 15 is 0 Å². The van der Waals surface area contributed by atoms with Gasteiger partial charge < -0.3 is 35.6 Å². The average molecular weight is 237 g/mol. The first-order valence-electron chi connectivity index (χ1n) is 4.48. The quantitative estimate of drug-likeness (QED) is 0.246. The van der Waals surface area contributed by atoms with Crippen LogP contribution in [-0.4, -0.2) is 75.3 Å². The summed E-state index contributed by atoms with van der Waals surface area (Å²) in [5.74, 6) is -0.915. The number of carbonyl (C=O) groups is 2. The number of aliphatic hydroxyl groups is 5. The summed E-state index contributed by atoms with van der Waals surface area (Å²) in [7, 11) is 0. The van der Waals surface area contributed by atoms with Crippen LogP contribution in [0, 0.1) is 0 Å². The van der Waals surface area contributed by atoms with Crippen molar-refractivity contribution in [2.45, 2.75) is 24.4 Å². The first-order chi connectivity index (χ1) is 7.47. The molecule has 0 aliphatic heterocycles. The topological polar surface area (TPSA) is 147 Å². The third-order valence-corrected chi connectivity index (χ3v) is 1.92. The minimum Gasteiger partial charge on any atom is -0.394 e. The Balaban J connectivity index is 4.45. The average Bonchev–Trinajstić information content (AvgIpc) is 2.32. The molecule has 0 aliphatic carbocycles. The molecule has 0 aromatic heterocycles. The molecule has 0 radical (unpaired) electrons. The van der Waals surface area contributed by atoms with Crippen molar-refractivity contribution in [3.8, 4) is 0 Å². The van der Waals surface area contributed by atoms with Crippen molar-refractivity contribution in [1.29, 1.82) is 0 Å². The van der Waals surface area contributed by atoms with Crippen LogP contribution < -0.4 is 5.32 Å². The van der Waals surface area contributed by atoms with E-state index in [1.807, 2.05) is 5.32 Å². The molecule has 0 aliphatic rings. The van der Waals surface area contributed by atoms with E-state index in [9.17, 15) is 19.8 Å². The molecule has 0 fully saturated rings. The van der Waals surface area contributed by atoms with Crippen LogP contribution in [0.4, 0.5) is 0 Å². The Bertz CT molecular complexity index is 234. The third kappa shape index (κ3) is 4.21. The summed E-state index contributed by atoms with van der Waals surface area (Å²) in [4.78, 5) is 21.2. The second-order valence-corrected chi connectivity index (χ2v) is 3.12. The molecular weight excluding hydrogens is 222 g/mol. The van der Waals surface area contributed by atoms with E-state index in [0.717, 1.165) is 0 Å². The van der Waals surface area contributed by atoms with E-state index in [1.165, 1.54) is 0 Å². The van der Waals surface area contributed by atoms with Gasteiger partial charge in [-0.1, -0.05) is 0 Å². The van der Waals surface area contributed by atoms with E-state index in [4.69, 9.17) is 15.3 Å². The molecule has 1 amide bonds. The lowest BCUT2D eigenvalue weighted by atomic mass is 10.0. The van der Waals surface area contributed by atoms with Gasteiger partial charge in [0.25, 0.3) is 0 Å². The lowest BCUT2D eigenvalue weighted by Crippen LogP contribution is -2.53. The summed E-state index contributed by atoms with van der Waals surface area (Å²) in [6.45, 7) is -1.69. The van der Waals surface area contributed by atoms with Crippen LogP contribution in [0.5, 0.6) is 0 Å². The molecule has 0 saturated carbocycles. The predicted molar refractivity (Wildman–Crippen MR) is 50.2 cm³/mol. The van der Waals surface area contributed by atoms with Crippen molar-refractivity contribution in [1.82, 2.24) is 5.32 Å². The number of amides is 1. The van der Waals surface area contributed by atoms with Crippen molar-refractivity contribution in [2.24, 2.45) is 0 Å². The molecule has 6 N–H and O–H groups in total. The Labute approximate surface area is 91.1 Å². The highest BCUT2D eigenvalue weighted by Gasteiger charge is 2.31. The van der Waals surface area contributed by atoms with Crippen LogP contribution in [-0.2, 0) is 9.59 Å². The van der Waals surface area contributed by atoms with E-state index < -0.39 is 43.5 Å². The highest BCUT2D eigenvalue weighted by Crippen LogP contribution is 2.03. The van der Waals surface area contributed by atoms with Crippen LogP contribution >= 0.6 is 0 Å².